The zero-order valence-electron chi connectivity index (χ0n) is 17.5. The van der Waals surface area contributed by atoms with Gasteiger partial charge in [-0.3, -0.25) is 0 Å². The molecule has 2 unspecified atom stereocenters. The molecule has 1 fully saturated rings. The van der Waals surface area contributed by atoms with Gasteiger partial charge in [0.25, 0.3) is 0 Å². The third kappa shape index (κ3) is 5.08. The van der Waals surface area contributed by atoms with Crippen molar-refractivity contribution in [3.8, 4) is 11.5 Å². The minimum absolute atomic E-state index is 0. The van der Waals surface area contributed by atoms with Crippen LogP contribution in [0.15, 0.2) is 71.2 Å². The standard InChI is InChI=1S/C26H26BrNO2.ClH/c1-29-22-11-7-19-8-12-25(23(19)14-22)28-26-15-24(26)18-5-9-21(10-6-18)30-16-17-3-2-4-20(27)13-17;/h2-7,9-11,13-14,24-26,28H,8,12,15-16H2,1H3;1H/t24?,25?,26-;/m0./s1. The minimum atomic E-state index is 0. The Bertz CT molecular complexity index is 1040. The smallest absolute Gasteiger partial charge is 0.119 e. The molecule has 5 heteroatoms. The first kappa shape index (κ1) is 22.2. The first-order valence-electron chi connectivity index (χ1n) is 10.6. The van der Waals surface area contributed by atoms with Gasteiger partial charge in [-0.2, -0.15) is 0 Å². The number of rotatable bonds is 7. The molecular formula is C26H27BrClNO2. The third-order valence-corrected chi connectivity index (χ3v) is 6.73. The SMILES string of the molecule is COc1ccc2c(c1)C(N[C@H]1CC1c1ccc(OCc3cccc(Br)c3)cc1)CC2.Cl. The van der Waals surface area contributed by atoms with Gasteiger partial charge >= 0.3 is 0 Å². The number of halogens is 2. The van der Waals surface area contributed by atoms with E-state index in [-0.39, 0.29) is 12.4 Å². The number of aryl methyl sites for hydroxylation is 1. The second kappa shape index (κ2) is 9.64. The van der Waals surface area contributed by atoms with Gasteiger partial charge in [-0.25, -0.2) is 0 Å². The van der Waals surface area contributed by atoms with Crippen molar-refractivity contribution in [1.82, 2.24) is 5.32 Å². The number of methoxy groups -OCH3 is 1. The summed E-state index contributed by atoms with van der Waals surface area (Å²) in [6.07, 6.45) is 3.53. The molecule has 3 aromatic rings. The molecule has 3 atom stereocenters. The van der Waals surface area contributed by atoms with Crippen LogP contribution in [0.3, 0.4) is 0 Å². The molecule has 2 aliphatic carbocycles. The first-order valence-corrected chi connectivity index (χ1v) is 11.4. The van der Waals surface area contributed by atoms with Gasteiger partial charge in [0.05, 0.1) is 7.11 Å². The van der Waals surface area contributed by atoms with E-state index in [9.17, 15) is 0 Å². The summed E-state index contributed by atoms with van der Waals surface area (Å²) in [5, 5.41) is 3.88. The average molecular weight is 501 g/mol. The Labute approximate surface area is 198 Å². The van der Waals surface area contributed by atoms with Crippen LogP contribution in [0.2, 0.25) is 0 Å². The van der Waals surface area contributed by atoms with Crippen LogP contribution in [0.1, 0.15) is 47.1 Å². The van der Waals surface area contributed by atoms with E-state index in [1.54, 1.807) is 7.11 Å². The molecule has 0 aliphatic heterocycles. The Hall–Kier alpha value is -2.01. The molecule has 2 aliphatic rings. The van der Waals surface area contributed by atoms with Crippen molar-refractivity contribution in [2.75, 3.05) is 7.11 Å². The van der Waals surface area contributed by atoms with Gasteiger partial charge in [-0.1, -0.05) is 46.3 Å². The summed E-state index contributed by atoms with van der Waals surface area (Å²) in [7, 11) is 1.74. The summed E-state index contributed by atoms with van der Waals surface area (Å²) < 4.78 is 12.4. The summed E-state index contributed by atoms with van der Waals surface area (Å²) >= 11 is 3.51. The van der Waals surface area contributed by atoms with E-state index in [1.807, 2.05) is 12.1 Å². The maximum absolute atomic E-state index is 5.95. The predicted octanol–water partition coefficient (Wildman–Crippen LogP) is 6.59. The van der Waals surface area contributed by atoms with Crippen LogP contribution < -0.4 is 14.8 Å². The molecule has 3 nitrogen and oxygen atoms in total. The Morgan fingerprint density at radius 2 is 1.81 bits per heavy atom. The van der Waals surface area contributed by atoms with Crippen LogP contribution in [0.5, 0.6) is 11.5 Å². The van der Waals surface area contributed by atoms with Crippen LogP contribution in [-0.2, 0) is 13.0 Å². The highest BCUT2D eigenvalue weighted by Crippen LogP contribution is 2.44. The topological polar surface area (TPSA) is 30.5 Å². The third-order valence-electron chi connectivity index (χ3n) is 6.24. The Kier molecular flexibility index (Phi) is 6.90. The quantitative estimate of drug-likeness (QED) is 0.397. The van der Waals surface area contributed by atoms with E-state index in [4.69, 9.17) is 9.47 Å². The largest absolute Gasteiger partial charge is 0.497 e. The normalized spacial score (nSPS) is 21.2. The molecule has 162 valence electrons. The van der Waals surface area contributed by atoms with Crippen LogP contribution in [0.25, 0.3) is 0 Å². The molecule has 0 heterocycles. The Balaban J connectivity index is 0.00000231. The number of hydrogen-bond acceptors (Lipinski definition) is 3. The zero-order chi connectivity index (χ0) is 20.5. The van der Waals surface area contributed by atoms with E-state index >= 15 is 0 Å². The Morgan fingerprint density at radius 3 is 2.58 bits per heavy atom. The van der Waals surface area contributed by atoms with E-state index in [2.05, 4.69) is 75.8 Å². The van der Waals surface area contributed by atoms with Crippen molar-refractivity contribution in [3.05, 3.63) is 93.5 Å². The summed E-state index contributed by atoms with van der Waals surface area (Å²) in [6, 6.07) is 24.3. The molecular weight excluding hydrogens is 474 g/mol. The van der Waals surface area contributed by atoms with Gasteiger partial charge < -0.3 is 14.8 Å². The maximum atomic E-state index is 5.95. The Morgan fingerprint density at radius 1 is 1.00 bits per heavy atom. The van der Waals surface area contributed by atoms with Crippen LogP contribution >= 0.6 is 28.3 Å². The zero-order valence-corrected chi connectivity index (χ0v) is 19.9. The molecule has 0 amide bonds. The van der Waals surface area contributed by atoms with Crippen molar-refractivity contribution in [3.63, 3.8) is 0 Å². The summed E-state index contributed by atoms with van der Waals surface area (Å²) in [4.78, 5) is 0. The van der Waals surface area contributed by atoms with Crippen molar-refractivity contribution in [2.45, 2.75) is 43.9 Å². The molecule has 3 aromatic carbocycles. The van der Waals surface area contributed by atoms with E-state index in [1.165, 1.54) is 29.5 Å². The molecule has 1 saturated carbocycles. The van der Waals surface area contributed by atoms with Gasteiger partial charge in [0, 0.05) is 22.5 Å². The molecule has 0 spiro atoms. The molecule has 0 radical (unpaired) electrons. The number of hydrogen-bond donors (Lipinski definition) is 1. The monoisotopic (exact) mass is 499 g/mol. The summed E-state index contributed by atoms with van der Waals surface area (Å²) in [6.45, 7) is 0.580. The second-order valence-electron chi connectivity index (χ2n) is 8.26. The fourth-order valence-electron chi connectivity index (χ4n) is 4.49. The molecule has 1 N–H and O–H groups in total. The van der Waals surface area contributed by atoms with E-state index in [0.717, 1.165) is 28.0 Å². The number of ether oxygens (including phenoxy) is 2. The van der Waals surface area contributed by atoms with Crippen LogP contribution in [0, 0.1) is 0 Å². The molecule has 0 saturated heterocycles. The summed E-state index contributed by atoms with van der Waals surface area (Å²) in [5.41, 5.74) is 5.42. The lowest BCUT2D eigenvalue weighted by molar-refractivity contribution is 0.306. The van der Waals surface area contributed by atoms with Crippen LogP contribution in [0.4, 0.5) is 0 Å². The van der Waals surface area contributed by atoms with Gasteiger partial charge in [-0.15, -0.1) is 12.4 Å². The molecule has 0 bridgehead atoms. The fraction of sp³-hybridized carbons (Fsp3) is 0.308. The van der Waals surface area contributed by atoms with E-state index < -0.39 is 0 Å². The summed E-state index contributed by atoms with van der Waals surface area (Å²) in [5.74, 6) is 2.47. The average Bonchev–Trinajstić information content (AvgIpc) is 3.43. The van der Waals surface area contributed by atoms with Crippen molar-refractivity contribution >= 4 is 28.3 Å². The number of fused-ring (bicyclic) bond motifs is 1. The van der Waals surface area contributed by atoms with Crippen molar-refractivity contribution in [2.24, 2.45) is 0 Å². The lowest BCUT2D eigenvalue weighted by Gasteiger charge is -2.15. The molecule has 5 rings (SSSR count). The highest BCUT2D eigenvalue weighted by atomic mass is 79.9. The van der Waals surface area contributed by atoms with Crippen LogP contribution in [-0.4, -0.2) is 13.2 Å². The molecule has 31 heavy (non-hydrogen) atoms. The second-order valence-corrected chi connectivity index (χ2v) is 9.17. The fourth-order valence-corrected chi connectivity index (χ4v) is 4.94. The predicted molar refractivity (Wildman–Crippen MR) is 131 cm³/mol. The van der Waals surface area contributed by atoms with Gasteiger partial charge in [-0.05, 0) is 77.9 Å². The van der Waals surface area contributed by atoms with Gasteiger partial charge in [0.15, 0.2) is 0 Å². The maximum Gasteiger partial charge on any atom is 0.119 e. The van der Waals surface area contributed by atoms with Gasteiger partial charge in [0.2, 0.25) is 0 Å². The van der Waals surface area contributed by atoms with Crippen molar-refractivity contribution < 1.29 is 9.47 Å². The number of benzene rings is 3. The number of nitrogens with one attached hydrogen (secondary N) is 1. The molecule has 0 aromatic heterocycles. The highest BCUT2D eigenvalue weighted by molar-refractivity contribution is 9.10. The van der Waals surface area contributed by atoms with Gasteiger partial charge in [0.1, 0.15) is 18.1 Å². The van der Waals surface area contributed by atoms with E-state index in [0.29, 0.717) is 24.6 Å². The van der Waals surface area contributed by atoms with Crippen molar-refractivity contribution in [1.29, 1.82) is 0 Å². The lowest BCUT2D eigenvalue weighted by Crippen LogP contribution is -2.22. The minimum Gasteiger partial charge on any atom is -0.497 e. The first-order chi connectivity index (χ1) is 14.7. The lowest BCUT2D eigenvalue weighted by atomic mass is 10.1. The highest BCUT2D eigenvalue weighted by Gasteiger charge is 2.40.